The summed E-state index contributed by atoms with van der Waals surface area (Å²) in [6.07, 6.45) is 4.21. The van der Waals surface area contributed by atoms with Crippen LogP contribution in [0.2, 0.25) is 0 Å². The molecule has 3 N–H and O–H groups in total. The molecule has 0 atom stereocenters. The van der Waals surface area contributed by atoms with Crippen LogP contribution in [-0.2, 0) is 11.3 Å². The number of ether oxygens (including phenoxy) is 1. The predicted molar refractivity (Wildman–Crippen MR) is 96.7 cm³/mol. The zero-order valence-electron chi connectivity index (χ0n) is 13.6. The maximum Gasteiger partial charge on any atom is 0.407 e. The normalized spacial score (nSPS) is 11.0. The molecule has 0 saturated carbocycles. The number of nitrogens with zero attached hydrogens (tertiary/aromatic N) is 1. The van der Waals surface area contributed by atoms with E-state index in [9.17, 15) is 4.79 Å². The molecule has 0 aliphatic rings. The summed E-state index contributed by atoms with van der Waals surface area (Å²) in [4.78, 5) is 15.7. The third kappa shape index (κ3) is 4.84. The third-order valence-electron chi connectivity index (χ3n) is 3.53. The summed E-state index contributed by atoms with van der Waals surface area (Å²) < 4.78 is 10.4. The number of fused-ring (bicyclic) bond motifs is 1. The summed E-state index contributed by atoms with van der Waals surface area (Å²) in [6.45, 7) is 0.770. The molecular weight excluding hydrogens is 318 g/mol. The molecule has 6 nitrogen and oxygen atoms in total. The highest BCUT2D eigenvalue weighted by molar-refractivity contribution is 5.77. The average Bonchev–Trinajstić information content (AvgIpc) is 3.00. The van der Waals surface area contributed by atoms with E-state index < -0.39 is 6.09 Å². The van der Waals surface area contributed by atoms with Crippen molar-refractivity contribution in [3.63, 3.8) is 0 Å². The molecule has 1 amide bonds. The van der Waals surface area contributed by atoms with Crippen molar-refractivity contribution in [1.82, 2.24) is 10.3 Å². The minimum absolute atomic E-state index is 0.161. The molecule has 0 radical (unpaired) electrons. The number of hydrogen-bond donors (Lipinski definition) is 2. The van der Waals surface area contributed by atoms with Gasteiger partial charge in [-0.3, -0.25) is 0 Å². The molecule has 0 bridgehead atoms. The molecule has 2 aromatic carbocycles. The highest BCUT2D eigenvalue weighted by Crippen LogP contribution is 2.18. The van der Waals surface area contributed by atoms with Gasteiger partial charge in [-0.1, -0.05) is 48.6 Å². The van der Waals surface area contributed by atoms with Gasteiger partial charge in [0.25, 0.3) is 6.01 Å². The Balaban J connectivity index is 1.39. The Morgan fingerprint density at radius 1 is 1.24 bits per heavy atom. The van der Waals surface area contributed by atoms with Crippen molar-refractivity contribution in [2.24, 2.45) is 0 Å². The lowest BCUT2D eigenvalue weighted by atomic mass is 10.2. The van der Waals surface area contributed by atoms with Crippen LogP contribution in [0.4, 0.5) is 10.8 Å². The number of aromatic nitrogens is 1. The third-order valence-corrected chi connectivity index (χ3v) is 3.53. The highest BCUT2D eigenvalue weighted by atomic mass is 16.5. The zero-order chi connectivity index (χ0) is 17.5. The fraction of sp³-hybridized carbons (Fsp3) is 0.158. The number of alkyl carbamates (subject to hydrolysis) is 1. The minimum atomic E-state index is -0.420. The van der Waals surface area contributed by atoms with Gasteiger partial charge in [-0.2, -0.15) is 4.98 Å². The first kappa shape index (κ1) is 16.6. The van der Waals surface area contributed by atoms with Crippen LogP contribution >= 0.6 is 0 Å². The second kappa shape index (κ2) is 8.01. The van der Waals surface area contributed by atoms with Crippen LogP contribution in [0.25, 0.3) is 17.2 Å². The van der Waals surface area contributed by atoms with E-state index in [4.69, 9.17) is 14.9 Å². The summed E-state index contributed by atoms with van der Waals surface area (Å²) >= 11 is 0. The summed E-state index contributed by atoms with van der Waals surface area (Å²) in [7, 11) is 0. The monoisotopic (exact) mass is 337 g/mol. The van der Waals surface area contributed by atoms with Gasteiger partial charge >= 0.3 is 6.09 Å². The number of rotatable bonds is 6. The molecule has 1 heterocycles. The SMILES string of the molecule is Nc1nc2cc(C=CCCNC(=O)OCc3ccccc3)ccc2o1. The molecule has 25 heavy (non-hydrogen) atoms. The fourth-order valence-electron chi connectivity index (χ4n) is 2.32. The van der Waals surface area contributed by atoms with Gasteiger partial charge in [0, 0.05) is 6.54 Å². The Morgan fingerprint density at radius 2 is 2.08 bits per heavy atom. The smallest absolute Gasteiger partial charge is 0.407 e. The Hall–Kier alpha value is -3.28. The molecule has 0 aliphatic heterocycles. The van der Waals surface area contributed by atoms with Crippen LogP contribution in [0.1, 0.15) is 17.5 Å². The number of carbonyl (C=O) groups is 1. The maximum atomic E-state index is 11.6. The summed E-state index contributed by atoms with van der Waals surface area (Å²) in [6, 6.07) is 15.4. The van der Waals surface area contributed by atoms with E-state index in [0.717, 1.165) is 16.6 Å². The van der Waals surface area contributed by atoms with E-state index in [-0.39, 0.29) is 12.6 Å². The van der Waals surface area contributed by atoms with Crippen molar-refractivity contribution in [3.8, 4) is 0 Å². The average molecular weight is 337 g/mol. The standard InChI is InChI=1S/C19H19N3O3/c20-18-22-16-12-14(9-10-17(16)25-18)6-4-5-11-21-19(23)24-13-15-7-2-1-3-8-15/h1-4,6-10,12H,5,11,13H2,(H2,20,22)(H,21,23). The molecule has 0 aliphatic carbocycles. The quantitative estimate of drug-likeness (QED) is 0.669. The molecule has 0 saturated heterocycles. The van der Waals surface area contributed by atoms with Gasteiger partial charge in [-0.05, 0) is 29.7 Å². The molecule has 6 heteroatoms. The van der Waals surface area contributed by atoms with Crippen molar-refractivity contribution in [2.45, 2.75) is 13.0 Å². The molecule has 3 rings (SSSR count). The maximum absolute atomic E-state index is 11.6. The van der Waals surface area contributed by atoms with Crippen molar-refractivity contribution in [1.29, 1.82) is 0 Å². The van der Waals surface area contributed by atoms with Gasteiger partial charge in [-0.25, -0.2) is 4.79 Å². The van der Waals surface area contributed by atoms with Crippen LogP contribution in [0.15, 0.2) is 59.0 Å². The number of nitrogens with two attached hydrogens (primary N) is 1. The van der Waals surface area contributed by atoms with Gasteiger partial charge in [0.15, 0.2) is 5.58 Å². The van der Waals surface area contributed by atoms with Crippen molar-refractivity contribution >= 4 is 29.3 Å². The number of nitrogens with one attached hydrogen (secondary N) is 1. The predicted octanol–water partition coefficient (Wildman–Crippen LogP) is 3.74. The van der Waals surface area contributed by atoms with E-state index in [1.165, 1.54) is 0 Å². The van der Waals surface area contributed by atoms with Crippen LogP contribution in [0, 0.1) is 0 Å². The Bertz CT molecular complexity index is 872. The Kier molecular flexibility index (Phi) is 5.31. The second-order valence-corrected chi connectivity index (χ2v) is 5.46. The second-order valence-electron chi connectivity index (χ2n) is 5.46. The van der Waals surface area contributed by atoms with Crippen LogP contribution in [0.3, 0.4) is 0 Å². The van der Waals surface area contributed by atoms with Crippen LogP contribution < -0.4 is 11.1 Å². The molecule has 128 valence electrons. The van der Waals surface area contributed by atoms with E-state index in [2.05, 4.69) is 10.3 Å². The van der Waals surface area contributed by atoms with E-state index in [1.807, 2.05) is 60.7 Å². The first-order chi connectivity index (χ1) is 12.2. The summed E-state index contributed by atoms with van der Waals surface area (Å²) in [5, 5.41) is 2.72. The lowest BCUT2D eigenvalue weighted by Gasteiger charge is -2.05. The number of nitrogen functional groups attached to an aromatic ring is 1. The van der Waals surface area contributed by atoms with Crippen LogP contribution in [0.5, 0.6) is 0 Å². The molecule has 1 aromatic heterocycles. The van der Waals surface area contributed by atoms with Gasteiger partial charge in [0.05, 0.1) is 0 Å². The first-order valence-electron chi connectivity index (χ1n) is 7.98. The summed E-state index contributed by atoms with van der Waals surface area (Å²) in [5.74, 6) is 0. The lowest BCUT2D eigenvalue weighted by Crippen LogP contribution is -2.24. The Morgan fingerprint density at radius 3 is 2.92 bits per heavy atom. The van der Waals surface area contributed by atoms with Gasteiger partial charge in [-0.15, -0.1) is 0 Å². The lowest BCUT2D eigenvalue weighted by molar-refractivity contribution is 0.140. The number of carbonyl (C=O) groups excluding carboxylic acids is 1. The van der Waals surface area contributed by atoms with Gasteiger partial charge in [0.1, 0.15) is 12.1 Å². The zero-order valence-corrected chi connectivity index (χ0v) is 13.6. The first-order valence-corrected chi connectivity index (χ1v) is 7.98. The molecule has 0 spiro atoms. The largest absolute Gasteiger partial charge is 0.445 e. The topological polar surface area (TPSA) is 90.4 Å². The molecule has 0 fully saturated rings. The number of hydrogen-bond acceptors (Lipinski definition) is 5. The molecule has 0 unspecified atom stereocenters. The van der Waals surface area contributed by atoms with Gasteiger partial charge < -0.3 is 20.2 Å². The van der Waals surface area contributed by atoms with Crippen molar-refractivity contribution in [2.75, 3.05) is 12.3 Å². The molecule has 3 aromatic rings. The minimum Gasteiger partial charge on any atom is -0.445 e. The van der Waals surface area contributed by atoms with E-state index >= 15 is 0 Å². The van der Waals surface area contributed by atoms with E-state index in [0.29, 0.717) is 18.5 Å². The van der Waals surface area contributed by atoms with Crippen LogP contribution in [-0.4, -0.2) is 17.6 Å². The number of anilines is 1. The van der Waals surface area contributed by atoms with E-state index in [1.54, 1.807) is 0 Å². The van der Waals surface area contributed by atoms with Crippen molar-refractivity contribution < 1.29 is 13.9 Å². The molecular formula is C19H19N3O3. The Labute approximate surface area is 145 Å². The van der Waals surface area contributed by atoms with Gasteiger partial charge in [0.2, 0.25) is 0 Å². The number of amides is 1. The fourth-order valence-corrected chi connectivity index (χ4v) is 2.32. The number of oxazole rings is 1. The summed E-state index contributed by atoms with van der Waals surface area (Å²) in [5.41, 5.74) is 8.86. The number of benzene rings is 2. The van der Waals surface area contributed by atoms with Crippen molar-refractivity contribution in [3.05, 3.63) is 65.7 Å². The highest BCUT2D eigenvalue weighted by Gasteiger charge is 2.02.